The average molecular weight is 225 g/mol. The molecule has 92 valence electrons. The van der Waals surface area contributed by atoms with Crippen molar-refractivity contribution in [1.29, 1.82) is 0 Å². The minimum absolute atomic E-state index is 0.0110. The molecule has 2 aliphatic rings. The van der Waals surface area contributed by atoms with Crippen LogP contribution in [0.1, 0.15) is 39.0 Å². The zero-order valence-electron chi connectivity index (χ0n) is 10.1. The number of piperazine rings is 1. The van der Waals surface area contributed by atoms with E-state index in [9.17, 15) is 4.79 Å². The van der Waals surface area contributed by atoms with E-state index in [4.69, 9.17) is 5.73 Å². The number of nitrogens with zero attached hydrogens (tertiary/aromatic N) is 1. The fraction of sp³-hybridized carbons (Fsp3) is 0.917. The van der Waals surface area contributed by atoms with Crippen molar-refractivity contribution in [3.63, 3.8) is 0 Å². The van der Waals surface area contributed by atoms with Crippen molar-refractivity contribution in [1.82, 2.24) is 10.2 Å². The SMILES string of the molecule is CC1CNC(=O)C(CCN)N1C1CCCC1. The Balaban J connectivity index is 2.10. The molecule has 0 aromatic carbocycles. The molecule has 2 rings (SSSR count). The molecule has 4 nitrogen and oxygen atoms in total. The lowest BCUT2D eigenvalue weighted by Gasteiger charge is -2.43. The van der Waals surface area contributed by atoms with Crippen molar-refractivity contribution in [2.24, 2.45) is 5.73 Å². The van der Waals surface area contributed by atoms with E-state index in [1.165, 1.54) is 25.7 Å². The van der Waals surface area contributed by atoms with E-state index in [0.29, 0.717) is 18.6 Å². The highest BCUT2D eigenvalue weighted by molar-refractivity contribution is 5.82. The Morgan fingerprint density at radius 2 is 2.12 bits per heavy atom. The summed E-state index contributed by atoms with van der Waals surface area (Å²) in [6.45, 7) is 3.59. The molecule has 1 saturated heterocycles. The van der Waals surface area contributed by atoms with Crippen LogP contribution in [-0.4, -0.2) is 42.0 Å². The Kier molecular flexibility index (Phi) is 3.82. The van der Waals surface area contributed by atoms with Crippen molar-refractivity contribution in [2.45, 2.75) is 57.2 Å². The van der Waals surface area contributed by atoms with E-state index in [0.717, 1.165) is 13.0 Å². The van der Waals surface area contributed by atoms with Crippen molar-refractivity contribution in [3.05, 3.63) is 0 Å². The maximum atomic E-state index is 11.9. The summed E-state index contributed by atoms with van der Waals surface area (Å²) in [5, 5.41) is 2.98. The first-order valence-electron chi connectivity index (χ1n) is 6.49. The van der Waals surface area contributed by atoms with Crippen LogP contribution in [0.2, 0.25) is 0 Å². The fourth-order valence-corrected chi connectivity index (χ4v) is 3.17. The van der Waals surface area contributed by atoms with Gasteiger partial charge in [0.05, 0.1) is 6.04 Å². The average Bonchev–Trinajstić information content (AvgIpc) is 2.77. The molecule has 16 heavy (non-hydrogen) atoms. The van der Waals surface area contributed by atoms with Gasteiger partial charge in [0.15, 0.2) is 0 Å². The van der Waals surface area contributed by atoms with Crippen LogP contribution in [0.3, 0.4) is 0 Å². The largest absolute Gasteiger partial charge is 0.353 e. The first-order valence-corrected chi connectivity index (χ1v) is 6.49. The van der Waals surface area contributed by atoms with Gasteiger partial charge in [-0.2, -0.15) is 0 Å². The summed E-state index contributed by atoms with van der Waals surface area (Å²) < 4.78 is 0. The molecule has 0 aromatic heterocycles. The van der Waals surface area contributed by atoms with Gasteiger partial charge in [0, 0.05) is 18.6 Å². The molecule has 0 aromatic rings. The molecule has 0 radical (unpaired) electrons. The van der Waals surface area contributed by atoms with Crippen LogP contribution in [-0.2, 0) is 4.79 Å². The second-order valence-electron chi connectivity index (χ2n) is 5.07. The molecule has 1 heterocycles. The lowest BCUT2D eigenvalue weighted by atomic mass is 10.0. The summed E-state index contributed by atoms with van der Waals surface area (Å²) in [7, 11) is 0. The Hall–Kier alpha value is -0.610. The van der Waals surface area contributed by atoms with Crippen LogP contribution in [0.5, 0.6) is 0 Å². The highest BCUT2D eigenvalue weighted by Crippen LogP contribution is 2.29. The van der Waals surface area contributed by atoms with Crippen LogP contribution in [0, 0.1) is 0 Å². The molecule has 2 atom stereocenters. The van der Waals surface area contributed by atoms with Gasteiger partial charge in [0.1, 0.15) is 0 Å². The summed E-state index contributed by atoms with van der Waals surface area (Å²) in [6.07, 6.45) is 5.90. The van der Waals surface area contributed by atoms with Crippen LogP contribution >= 0.6 is 0 Å². The maximum absolute atomic E-state index is 11.9. The normalized spacial score (nSPS) is 33.0. The smallest absolute Gasteiger partial charge is 0.237 e. The van der Waals surface area contributed by atoms with Gasteiger partial charge in [0.25, 0.3) is 0 Å². The maximum Gasteiger partial charge on any atom is 0.237 e. The van der Waals surface area contributed by atoms with E-state index in [1.807, 2.05) is 0 Å². The molecule has 1 amide bonds. The number of amides is 1. The molecule has 1 aliphatic carbocycles. The standard InChI is InChI=1S/C12H23N3O/c1-9-8-14-12(16)11(6-7-13)15(9)10-4-2-3-5-10/h9-11H,2-8,13H2,1H3,(H,14,16). The highest BCUT2D eigenvalue weighted by atomic mass is 16.2. The quantitative estimate of drug-likeness (QED) is 0.734. The Bertz CT molecular complexity index is 251. The summed E-state index contributed by atoms with van der Waals surface area (Å²) in [5.41, 5.74) is 5.62. The number of hydrogen-bond donors (Lipinski definition) is 2. The number of carbonyl (C=O) groups is 1. The molecule has 1 saturated carbocycles. The third-order valence-corrected chi connectivity index (χ3v) is 3.93. The summed E-state index contributed by atoms with van der Waals surface area (Å²) in [6, 6.07) is 1.08. The molecule has 2 fully saturated rings. The molecular formula is C12H23N3O. The Morgan fingerprint density at radius 3 is 2.75 bits per heavy atom. The first kappa shape index (κ1) is 11.9. The van der Waals surface area contributed by atoms with Gasteiger partial charge < -0.3 is 11.1 Å². The van der Waals surface area contributed by atoms with E-state index < -0.39 is 0 Å². The van der Waals surface area contributed by atoms with Crippen LogP contribution in [0.25, 0.3) is 0 Å². The van der Waals surface area contributed by atoms with Gasteiger partial charge in [-0.25, -0.2) is 0 Å². The van der Waals surface area contributed by atoms with Gasteiger partial charge in [-0.05, 0) is 32.7 Å². The second-order valence-corrected chi connectivity index (χ2v) is 5.07. The van der Waals surface area contributed by atoms with E-state index >= 15 is 0 Å². The summed E-state index contributed by atoms with van der Waals surface area (Å²) in [4.78, 5) is 14.3. The summed E-state index contributed by atoms with van der Waals surface area (Å²) >= 11 is 0. The van der Waals surface area contributed by atoms with E-state index in [2.05, 4.69) is 17.1 Å². The van der Waals surface area contributed by atoms with Gasteiger partial charge in [-0.3, -0.25) is 9.69 Å². The molecule has 3 N–H and O–H groups in total. The van der Waals surface area contributed by atoms with Gasteiger partial charge in [0.2, 0.25) is 5.91 Å². The van der Waals surface area contributed by atoms with E-state index in [1.54, 1.807) is 0 Å². The zero-order valence-corrected chi connectivity index (χ0v) is 10.1. The minimum Gasteiger partial charge on any atom is -0.353 e. The van der Waals surface area contributed by atoms with Crippen molar-refractivity contribution in [3.8, 4) is 0 Å². The highest BCUT2D eigenvalue weighted by Gasteiger charge is 2.38. The molecule has 2 unspecified atom stereocenters. The van der Waals surface area contributed by atoms with Crippen molar-refractivity contribution < 1.29 is 4.79 Å². The van der Waals surface area contributed by atoms with Crippen LogP contribution in [0.4, 0.5) is 0 Å². The predicted molar refractivity (Wildman–Crippen MR) is 64.0 cm³/mol. The van der Waals surface area contributed by atoms with E-state index in [-0.39, 0.29) is 11.9 Å². The third-order valence-electron chi connectivity index (χ3n) is 3.93. The van der Waals surface area contributed by atoms with Crippen molar-refractivity contribution >= 4 is 5.91 Å². The van der Waals surface area contributed by atoms with Crippen LogP contribution < -0.4 is 11.1 Å². The number of nitrogens with one attached hydrogen (secondary N) is 1. The summed E-state index contributed by atoms with van der Waals surface area (Å²) in [5.74, 6) is 0.176. The predicted octanol–water partition coefficient (Wildman–Crippen LogP) is 0.467. The number of nitrogens with two attached hydrogens (primary N) is 1. The molecule has 1 aliphatic heterocycles. The van der Waals surface area contributed by atoms with Gasteiger partial charge in [-0.1, -0.05) is 12.8 Å². The molecular weight excluding hydrogens is 202 g/mol. The molecule has 0 spiro atoms. The molecule has 0 bridgehead atoms. The second kappa shape index (κ2) is 5.15. The Labute approximate surface area is 97.6 Å². The number of carbonyl (C=O) groups excluding carboxylic acids is 1. The monoisotopic (exact) mass is 225 g/mol. The topological polar surface area (TPSA) is 58.4 Å². The zero-order chi connectivity index (χ0) is 11.5. The first-order chi connectivity index (χ1) is 7.74. The number of hydrogen-bond acceptors (Lipinski definition) is 3. The van der Waals surface area contributed by atoms with Gasteiger partial charge >= 0.3 is 0 Å². The lowest BCUT2D eigenvalue weighted by molar-refractivity contribution is -0.132. The number of rotatable bonds is 3. The lowest BCUT2D eigenvalue weighted by Crippen LogP contribution is -2.62. The fourth-order valence-electron chi connectivity index (χ4n) is 3.17. The van der Waals surface area contributed by atoms with Crippen LogP contribution in [0.15, 0.2) is 0 Å². The molecule has 4 heteroatoms. The van der Waals surface area contributed by atoms with Gasteiger partial charge in [-0.15, -0.1) is 0 Å². The third kappa shape index (κ3) is 2.23. The minimum atomic E-state index is 0.0110. The Morgan fingerprint density at radius 1 is 1.44 bits per heavy atom. The van der Waals surface area contributed by atoms with Crippen molar-refractivity contribution in [2.75, 3.05) is 13.1 Å².